The summed E-state index contributed by atoms with van der Waals surface area (Å²) in [6.45, 7) is 0. The fraction of sp³-hybridized carbons (Fsp3) is 0.500. The van der Waals surface area contributed by atoms with Gasteiger partial charge in [0, 0.05) is 5.56 Å². The van der Waals surface area contributed by atoms with Crippen LogP contribution in [0.15, 0.2) is 23.0 Å². The summed E-state index contributed by atoms with van der Waals surface area (Å²) in [5, 5.41) is 9.95. The summed E-state index contributed by atoms with van der Waals surface area (Å²) in [5.41, 5.74) is -0.681. The molecule has 0 bridgehead atoms. The Morgan fingerprint density at radius 1 is 1.54 bits per heavy atom. The van der Waals surface area contributed by atoms with Crippen molar-refractivity contribution in [3.63, 3.8) is 0 Å². The van der Waals surface area contributed by atoms with Crippen LogP contribution < -0.4 is 0 Å². The zero-order chi connectivity index (χ0) is 9.53. The third-order valence-corrected chi connectivity index (χ3v) is 4.09. The molecule has 72 valence electrons. The standard InChI is InChI=1S/C8H10O4S/c9-8(7-1-3-12-5-7)2-4-13(10,11)6-8/h1,3,5,9H,2,4,6H2. The van der Waals surface area contributed by atoms with Crippen molar-refractivity contribution in [3.05, 3.63) is 24.2 Å². The van der Waals surface area contributed by atoms with E-state index in [1.807, 2.05) is 0 Å². The number of hydrogen-bond donors (Lipinski definition) is 1. The summed E-state index contributed by atoms with van der Waals surface area (Å²) in [6, 6.07) is 1.60. The number of aliphatic hydroxyl groups is 1. The Balaban J connectivity index is 2.35. The van der Waals surface area contributed by atoms with Crippen molar-refractivity contribution in [2.24, 2.45) is 0 Å². The lowest BCUT2D eigenvalue weighted by Crippen LogP contribution is -2.26. The van der Waals surface area contributed by atoms with Gasteiger partial charge in [-0.25, -0.2) is 8.42 Å². The molecular formula is C8H10O4S. The molecule has 1 fully saturated rings. The molecule has 1 aromatic rings. The monoisotopic (exact) mass is 202 g/mol. The van der Waals surface area contributed by atoms with E-state index in [0.717, 1.165) is 0 Å². The SMILES string of the molecule is O=S1(=O)CCC(O)(c2ccoc2)C1. The van der Waals surface area contributed by atoms with E-state index in [2.05, 4.69) is 0 Å². The van der Waals surface area contributed by atoms with Gasteiger partial charge in [0.05, 0.1) is 24.0 Å². The molecule has 4 nitrogen and oxygen atoms in total. The van der Waals surface area contributed by atoms with Gasteiger partial charge in [0.2, 0.25) is 0 Å². The lowest BCUT2D eigenvalue weighted by Gasteiger charge is -2.17. The summed E-state index contributed by atoms with van der Waals surface area (Å²) < 4.78 is 27.1. The molecule has 0 aromatic carbocycles. The number of rotatable bonds is 1. The van der Waals surface area contributed by atoms with E-state index in [1.165, 1.54) is 12.5 Å². The van der Waals surface area contributed by atoms with Gasteiger partial charge in [-0.1, -0.05) is 0 Å². The highest BCUT2D eigenvalue weighted by Crippen LogP contribution is 2.33. The Morgan fingerprint density at radius 2 is 2.31 bits per heavy atom. The van der Waals surface area contributed by atoms with Crippen molar-refractivity contribution in [2.45, 2.75) is 12.0 Å². The predicted octanol–water partition coefficient (Wildman–Crippen LogP) is 0.286. The molecule has 1 saturated heterocycles. The summed E-state index contributed by atoms with van der Waals surface area (Å²) in [5.74, 6) is -0.145. The molecule has 2 rings (SSSR count). The van der Waals surface area contributed by atoms with E-state index >= 15 is 0 Å². The lowest BCUT2D eigenvalue weighted by atomic mass is 9.96. The molecule has 0 aliphatic carbocycles. The Hall–Kier alpha value is -0.810. The Kier molecular flexibility index (Phi) is 1.75. The van der Waals surface area contributed by atoms with Crippen LogP contribution in [-0.2, 0) is 15.4 Å². The highest BCUT2D eigenvalue weighted by molar-refractivity contribution is 7.91. The average molecular weight is 202 g/mol. The average Bonchev–Trinajstić information content (AvgIpc) is 2.58. The van der Waals surface area contributed by atoms with Gasteiger partial charge in [-0.2, -0.15) is 0 Å². The van der Waals surface area contributed by atoms with Crippen LogP contribution in [0.25, 0.3) is 0 Å². The van der Waals surface area contributed by atoms with Crippen molar-refractivity contribution in [1.29, 1.82) is 0 Å². The fourth-order valence-corrected chi connectivity index (χ4v) is 3.42. The maximum Gasteiger partial charge on any atom is 0.153 e. The molecule has 0 amide bonds. The molecule has 1 N–H and O–H groups in total. The number of hydrogen-bond acceptors (Lipinski definition) is 4. The van der Waals surface area contributed by atoms with Crippen LogP contribution in [0.3, 0.4) is 0 Å². The third kappa shape index (κ3) is 1.49. The second kappa shape index (κ2) is 2.59. The second-order valence-electron chi connectivity index (χ2n) is 3.39. The fourth-order valence-electron chi connectivity index (χ4n) is 1.59. The van der Waals surface area contributed by atoms with Gasteiger partial charge in [0.25, 0.3) is 0 Å². The van der Waals surface area contributed by atoms with Crippen molar-refractivity contribution in [3.8, 4) is 0 Å². The molecule has 1 aromatic heterocycles. The van der Waals surface area contributed by atoms with E-state index < -0.39 is 15.4 Å². The predicted molar refractivity (Wildman–Crippen MR) is 45.9 cm³/mol. The summed E-state index contributed by atoms with van der Waals surface area (Å²) in [6.07, 6.45) is 3.08. The molecule has 0 spiro atoms. The van der Waals surface area contributed by atoms with Gasteiger partial charge in [-0.3, -0.25) is 0 Å². The van der Waals surface area contributed by atoms with Gasteiger partial charge in [0.1, 0.15) is 5.60 Å². The van der Waals surface area contributed by atoms with Crippen molar-refractivity contribution < 1.29 is 17.9 Å². The lowest BCUT2D eigenvalue weighted by molar-refractivity contribution is 0.0646. The molecular weight excluding hydrogens is 192 g/mol. The van der Waals surface area contributed by atoms with Crippen LogP contribution in [0.1, 0.15) is 12.0 Å². The zero-order valence-corrected chi connectivity index (χ0v) is 7.75. The van der Waals surface area contributed by atoms with Crippen LogP contribution in [0.4, 0.5) is 0 Å². The van der Waals surface area contributed by atoms with Crippen LogP contribution >= 0.6 is 0 Å². The Morgan fingerprint density at radius 3 is 2.77 bits per heavy atom. The first-order valence-corrected chi connectivity index (χ1v) is 5.79. The van der Waals surface area contributed by atoms with Gasteiger partial charge in [-0.05, 0) is 12.5 Å². The van der Waals surface area contributed by atoms with Gasteiger partial charge >= 0.3 is 0 Å². The molecule has 13 heavy (non-hydrogen) atoms. The Labute approximate surface area is 76.1 Å². The molecule has 0 radical (unpaired) electrons. The van der Waals surface area contributed by atoms with Crippen LogP contribution in [0, 0.1) is 0 Å². The van der Waals surface area contributed by atoms with E-state index in [-0.39, 0.29) is 17.9 Å². The summed E-state index contributed by atoms with van der Waals surface area (Å²) >= 11 is 0. The maximum atomic E-state index is 11.2. The van der Waals surface area contributed by atoms with Crippen molar-refractivity contribution in [2.75, 3.05) is 11.5 Å². The number of furan rings is 1. The smallest absolute Gasteiger partial charge is 0.153 e. The minimum atomic E-state index is -3.07. The highest BCUT2D eigenvalue weighted by atomic mass is 32.2. The van der Waals surface area contributed by atoms with Crippen LogP contribution in [0.2, 0.25) is 0 Å². The first kappa shape index (κ1) is 8.77. The van der Waals surface area contributed by atoms with Crippen molar-refractivity contribution in [1.82, 2.24) is 0 Å². The number of sulfone groups is 1. The third-order valence-electron chi connectivity index (χ3n) is 2.34. The minimum Gasteiger partial charge on any atom is -0.472 e. The summed E-state index contributed by atoms with van der Waals surface area (Å²) in [4.78, 5) is 0. The van der Waals surface area contributed by atoms with E-state index in [0.29, 0.717) is 5.56 Å². The largest absolute Gasteiger partial charge is 0.472 e. The minimum absolute atomic E-state index is 0.0503. The first-order chi connectivity index (χ1) is 6.02. The zero-order valence-electron chi connectivity index (χ0n) is 6.93. The molecule has 1 unspecified atom stereocenters. The first-order valence-electron chi connectivity index (χ1n) is 3.97. The quantitative estimate of drug-likeness (QED) is 0.710. The van der Waals surface area contributed by atoms with Gasteiger partial charge < -0.3 is 9.52 Å². The maximum absolute atomic E-state index is 11.2. The highest BCUT2D eigenvalue weighted by Gasteiger charge is 2.42. The molecule has 1 aliphatic rings. The molecule has 2 heterocycles. The van der Waals surface area contributed by atoms with Gasteiger partial charge in [0.15, 0.2) is 9.84 Å². The van der Waals surface area contributed by atoms with Crippen molar-refractivity contribution >= 4 is 9.84 Å². The molecule has 1 atom stereocenters. The van der Waals surface area contributed by atoms with Gasteiger partial charge in [-0.15, -0.1) is 0 Å². The molecule has 0 saturated carbocycles. The summed E-state index contributed by atoms with van der Waals surface area (Å²) in [7, 11) is -3.07. The van der Waals surface area contributed by atoms with E-state index in [4.69, 9.17) is 4.42 Å². The van der Waals surface area contributed by atoms with E-state index in [1.54, 1.807) is 6.07 Å². The normalized spacial score (nSPS) is 32.1. The molecule has 1 aliphatic heterocycles. The molecule has 5 heteroatoms. The topological polar surface area (TPSA) is 67.5 Å². The van der Waals surface area contributed by atoms with Crippen LogP contribution in [0.5, 0.6) is 0 Å². The van der Waals surface area contributed by atoms with E-state index in [9.17, 15) is 13.5 Å². The second-order valence-corrected chi connectivity index (χ2v) is 5.57. The van der Waals surface area contributed by atoms with Crippen LogP contribution in [-0.4, -0.2) is 25.0 Å². The Bertz CT molecular complexity index is 392.